The minimum atomic E-state index is -2.42. The number of nitrogens with one attached hydrogen (secondary N) is 1. The number of benzene rings is 1. The summed E-state index contributed by atoms with van der Waals surface area (Å²) in [5, 5.41) is 3.01. The first-order valence-corrected chi connectivity index (χ1v) is 12.1. The van der Waals surface area contributed by atoms with Crippen LogP contribution in [0.1, 0.15) is 32.1 Å². The number of alkyl halides is 2. The minimum Gasteiger partial charge on any atom is -0.326 e. The SMILES string of the molecule is O=C(Nc1ccc(SC(F)F)cc1)C1C[C@H]2CCC[C@@H](C1)C21SCCS1. The lowest BCUT2D eigenvalue weighted by molar-refractivity contribution is -0.122. The van der Waals surface area contributed by atoms with Crippen LogP contribution in [0.15, 0.2) is 29.2 Å². The lowest BCUT2D eigenvalue weighted by atomic mass is 9.67. The molecule has 0 radical (unpaired) electrons. The van der Waals surface area contributed by atoms with E-state index in [1.54, 1.807) is 24.3 Å². The fraction of sp³-hybridized carbons (Fsp3) is 0.632. The van der Waals surface area contributed by atoms with Crippen LogP contribution in [0.25, 0.3) is 0 Å². The Kier molecular flexibility index (Phi) is 5.77. The smallest absolute Gasteiger partial charge is 0.288 e. The maximum Gasteiger partial charge on any atom is 0.288 e. The Bertz CT molecular complexity index is 633. The maximum atomic E-state index is 12.8. The summed E-state index contributed by atoms with van der Waals surface area (Å²) in [6, 6.07) is 6.72. The highest BCUT2D eigenvalue weighted by molar-refractivity contribution is 8.21. The van der Waals surface area contributed by atoms with Crippen LogP contribution in [-0.4, -0.2) is 27.2 Å². The number of carbonyl (C=O) groups is 1. The summed E-state index contributed by atoms with van der Waals surface area (Å²) in [5.74, 6) is 1.54. The lowest BCUT2D eigenvalue weighted by Crippen LogP contribution is -2.48. The number of carbonyl (C=O) groups excluding carboxylic acids is 1. The molecule has 1 heterocycles. The van der Waals surface area contributed by atoms with Crippen molar-refractivity contribution in [2.45, 2.75) is 46.8 Å². The van der Waals surface area contributed by atoms with E-state index in [9.17, 15) is 13.6 Å². The van der Waals surface area contributed by atoms with Gasteiger partial charge in [0.05, 0.1) is 4.08 Å². The zero-order chi connectivity index (χ0) is 18.1. The average Bonchev–Trinajstić information content (AvgIpc) is 3.05. The molecule has 1 aromatic carbocycles. The fourth-order valence-corrected chi connectivity index (χ4v) is 9.22. The molecule has 0 aromatic heterocycles. The van der Waals surface area contributed by atoms with Crippen molar-refractivity contribution in [3.63, 3.8) is 0 Å². The van der Waals surface area contributed by atoms with Gasteiger partial charge in [0.25, 0.3) is 5.76 Å². The second-order valence-corrected chi connectivity index (χ2v) is 11.4. The Hall–Kier alpha value is -0.400. The van der Waals surface area contributed by atoms with Gasteiger partial charge in [-0.1, -0.05) is 18.2 Å². The number of rotatable bonds is 4. The van der Waals surface area contributed by atoms with Crippen molar-refractivity contribution in [3.8, 4) is 0 Å². The number of halogens is 2. The van der Waals surface area contributed by atoms with Gasteiger partial charge < -0.3 is 5.32 Å². The summed E-state index contributed by atoms with van der Waals surface area (Å²) >= 11 is 4.82. The van der Waals surface area contributed by atoms with Gasteiger partial charge in [-0.3, -0.25) is 4.79 Å². The van der Waals surface area contributed by atoms with E-state index in [0.29, 0.717) is 38.3 Å². The molecule has 1 amide bonds. The average molecular weight is 416 g/mol. The van der Waals surface area contributed by atoms with Crippen LogP contribution in [0.2, 0.25) is 0 Å². The molecular weight excluding hydrogens is 392 g/mol. The van der Waals surface area contributed by atoms with Crippen molar-refractivity contribution >= 4 is 46.9 Å². The van der Waals surface area contributed by atoms with E-state index >= 15 is 0 Å². The summed E-state index contributed by atoms with van der Waals surface area (Å²) in [5.41, 5.74) is 0.698. The van der Waals surface area contributed by atoms with E-state index in [4.69, 9.17) is 0 Å². The van der Waals surface area contributed by atoms with Crippen molar-refractivity contribution in [3.05, 3.63) is 24.3 Å². The molecule has 142 valence electrons. The molecule has 1 N–H and O–H groups in total. The van der Waals surface area contributed by atoms with Crippen LogP contribution >= 0.6 is 35.3 Å². The zero-order valence-corrected chi connectivity index (χ0v) is 16.9. The number of thioether (sulfide) groups is 3. The zero-order valence-electron chi connectivity index (χ0n) is 14.5. The molecule has 2 saturated carbocycles. The van der Waals surface area contributed by atoms with Crippen molar-refractivity contribution in [2.75, 3.05) is 16.8 Å². The van der Waals surface area contributed by atoms with Crippen molar-refractivity contribution in [1.29, 1.82) is 0 Å². The molecule has 1 spiro atoms. The molecule has 3 fully saturated rings. The van der Waals surface area contributed by atoms with Gasteiger partial charge >= 0.3 is 0 Å². The van der Waals surface area contributed by atoms with E-state index in [-0.39, 0.29) is 11.8 Å². The summed E-state index contributed by atoms with van der Waals surface area (Å²) in [7, 11) is 0. The van der Waals surface area contributed by atoms with Crippen molar-refractivity contribution in [1.82, 2.24) is 0 Å². The van der Waals surface area contributed by atoms with Gasteiger partial charge in [0, 0.05) is 28.0 Å². The largest absolute Gasteiger partial charge is 0.326 e. The molecular formula is C19H23F2NOS3. The first-order chi connectivity index (χ1) is 12.6. The minimum absolute atomic E-state index is 0.0767. The molecule has 1 unspecified atom stereocenters. The predicted molar refractivity (Wildman–Crippen MR) is 108 cm³/mol. The molecule has 2 aliphatic carbocycles. The van der Waals surface area contributed by atoms with Gasteiger partial charge in [-0.25, -0.2) is 0 Å². The topological polar surface area (TPSA) is 29.1 Å². The van der Waals surface area contributed by atoms with E-state index in [2.05, 4.69) is 28.8 Å². The highest BCUT2D eigenvalue weighted by Crippen LogP contribution is 2.64. The van der Waals surface area contributed by atoms with Crippen LogP contribution in [0, 0.1) is 17.8 Å². The molecule has 2 bridgehead atoms. The highest BCUT2D eigenvalue weighted by atomic mass is 32.2. The fourth-order valence-electron chi connectivity index (χ4n) is 4.79. The number of amides is 1. The van der Waals surface area contributed by atoms with Gasteiger partial charge in [0.15, 0.2) is 0 Å². The maximum absolute atomic E-state index is 12.8. The van der Waals surface area contributed by atoms with Crippen LogP contribution < -0.4 is 5.32 Å². The highest BCUT2D eigenvalue weighted by Gasteiger charge is 2.55. The third kappa shape index (κ3) is 3.76. The number of hydrogen-bond acceptors (Lipinski definition) is 4. The van der Waals surface area contributed by atoms with Crippen molar-refractivity contribution < 1.29 is 13.6 Å². The molecule has 1 saturated heterocycles. The Morgan fingerprint density at radius 2 is 1.73 bits per heavy atom. The van der Waals surface area contributed by atoms with Gasteiger partial charge in [0.2, 0.25) is 5.91 Å². The normalized spacial score (nSPS) is 29.9. The lowest BCUT2D eigenvalue weighted by Gasteiger charge is -2.52. The number of hydrogen-bond donors (Lipinski definition) is 1. The third-order valence-electron chi connectivity index (χ3n) is 5.84. The predicted octanol–water partition coefficient (Wildman–Crippen LogP) is 5.94. The first kappa shape index (κ1) is 18.9. The van der Waals surface area contributed by atoms with Gasteiger partial charge in [-0.05, 0) is 61.8 Å². The second kappa shape index (κ2) is 7.92. The van der Waals surface area contributed by atoms with E-state index in [0.717, 1.165) is 12.8 Å². The van der Waals surface area contributed by atoms with E-state index in [1.165, 1.54) is 30.8 Å². The summed E-state index contributed by atoms with van der Waals surface area (Å²) in [4.78, 5) is 13.3. The quantitative estimate of drug-likeness (QED) is 0.616. The molecule has 26 heavy (non-hydrogen) atoms. The summed E-state index contributed by atoms with van der Waals surface area (Å²) in [6.45, 7) is 0. The van der Waals surface area contributed by atoms with Gasteiger partial charge in [-0.15, -0.1) is 23.5 Å². The van der Waals surface area contributed by atoms with E-state index in [1.807, 2.05) is 0 Å². The first-order valence-electron chi connectivity index (χ1n) is 9.20. The number of anilines is 1. The molecule has 2 nitrogen and oxygen atoms in total. The standard InChI is InChI=1S/C19H23F2NOS3/c20-18(21)26-16-6-4-15(5-7-16)22-17(23)12-10-13-2-1-3-14(11-12)19(13)24-8-9-25-19/h4-7,12-14,18H,1-3,8-11H2,(H,22,23)/t12?,13-,14+. The summed E-state index contributed by atoms with van der Waals surface area (Å²) < 4.78 is 25.2. The molecule has 7 heteroatoms. The van der Waals surface area contributed by atoms with Gasteiger partial charge in [-0.2, -0.15) is 8.78 Å². The van der Waals surface area contributed by atoms with Gasteiger partial charge in [0.1, 0.15) is 0 Å². The van der Waals surface area contributed by atoms with Crippen LogP contribution in [0.3, 0.4) is 0 Å². The van der Waals surface area contributed by atoms with E-state index < -0.39 is 5.76 Å². The van der Waals surface area contributed by atoms with Crippen LogP contribution in [-0.2, 0) is 4.79 Å². The second-order valence-electron chi connectivity index (χ2n) is 7.30. The molecule has 3 atom stereocenters. The molecule has 4 rings (SSSR count). The third-order valence-corrected chi connectivity index (χ3v) is 10.6. The summed E-state index contributed by atoms with van der Waals surface area (Å²) in [6.07, 6.45) is 5.78. The molecule has 1 aromatic rings. The Morgan fingerprint density at radius 1 is 1.12 bits per heavy atom. The Labute approximate surface area is 166 Å². The molecule has 3 aliphatic rings. The van der Waals surface area contributed by atoms with Crippen LogP contribution in [0.5, 0.6) is 0 Å². The van der Waals surface area contributed by atoms with Crippen LogP contribution in [0.4, 0.5) is 14.5 Å². The van der Waals surface area contributed by atoms with Crippen molar-refractivity contribution in [2.24, 2.45) is 17.8 Å². The Balaban J connectivity index is 1.40. The monoisotopic (exact) mass is 415 g/mol. The Morgan fingerprint density at radius 3 is 2.31 bits per heavy atom. The molecule has 1 aliphatic heterocycles.